The summed E-state index contributed by atoms with van der Waals surface area (Å²) < 4.78 is 0. The van der Waals surface area contributed by atoms with Crippen molar-refractivity contribution in [2.45, 2.75) is 6.42 Å². The van der Waals surface area contributed by atoms with Gasteiger partial charge in [0.15, 0.2) is 0 Å². The Hall–Kier alpha value is -1.89. The van der Waals surface area contributed by atoms with Crippen LogP contribution in [0.5, 0.6) is 0 Å². The lowest BCUT2D eigenvalue weighted by Crippen LogP contribution is -2.27. The summed E-state index contributed by atoms with van der Waals surface area (Å²) >= 11 is 1.46. The van der Waals surface area contributed by atoms with Gasteiger partial charge in [0.1, 0.15) is 0 Å². The van der Waals surface area contributed by atoms with E-state index in [4.69, 9.17) is 0 Å². The molecule has 0 aliphatic heterocycles. The lowest BCUT2D eigenvalue weighted by atomic mass is 10.1. The Morgan fingerprint density at radius 2 is 1.87 bits per heavy atom. The van der Waals surface area contributed by atoms with Crippen LogP contribution in [0, 0.1) is 0 Å². The highest BCUT2D eigenvalue weighted by Gasteiger charge is 2.13. The Morgan fingerprint density at radius 3 is 2.57 bits per heavy atom. The van der Waals surface area contributed by atoms with Crippen molar-refractivity contribution in [3.63, 3.8) is 0 Å². The Bertz CT molecular complexity index is 632. The third kappa shape index (κ3) is 5.67. The van der Waals surface area contributed by atoms with Crippen LogP contribution in [-0.4, -0.2) is 32.0 Å². The maximum Gasteiger partial charge on any atom is 0.256 e. The van der Waals surface area contributed by atoms with Crippen LogP contribution in [0.15, 0.2) is 41.1 Å². The second-order valence-corrected chi connectivity index (χ2v) is 5.50. The molecule has 5 nitrogen and oxygen atoms in total. The second-order valence-electron chi connectivity index (χ2n) is 4.72. The smallest absolute Gasteiger partial charge is 0.256 e. The molecule has 0 fully saturated rings. The molecule has 0 aliphatic rings. The SMILES string of the molecule is CNCCCNC(=O)c1ccccc1NC(=O)c1ccsc1.Cl. The van der Waals surface area contributed by atoms with Gasteiger partial charge < -0.3 is 16.0 Å². The molecule has 7 heteroatoms. The molecule has 0 saturated heterocycles. The molecular formula is C16H20ClN3O2S. The van der Waals surface area contributed by atoms with E-state index in [2.05, 4.69) is 16.0 Å². The summed E-state index contributed by atoms with van der Waals surface area (Å²) in [6.45, 7) is 1.43. The highest BCUT2D eigenvalue weighted by atomic mass is 35.5. The molecule has 2 aromatic rings. The van der Waals surface area contributed by atoms with Gasteiger partial charge in [-0.15, -0.1) is 12.4 Å². The standard InChI is InChI=1S/C16H19N3O2S.ClH/c1-17-8-4-9-18-16(21)13-5-2-3-6-14(13)19-15(20)12-7-10-22-11-12;/h2-3,5-7,10-11,17H,4,8-9H2,1H3,(H,18,21)(H,19,20);1H. The lowest BCUT2D eigenvalue weighted by molar-refractivity contribution is 0.0954. The van der Waals surface area contributed by atoms with E-state index in [9.17, 15) is 9.59 Å². The molecule has 0 radical (unpaired) electrons. The van der Waals surface area contributed by atoms with Gasteiger partial charge in [-0.2, -0.15) is 11.3 Å². The fourth-order valence-electron chi connectivity index (χ4n) is 1.94. The number of para-hydroxylation sites is 1. The van der Waals surface area contributed by atoms with E-state index >= 15 is 0 Å². The van der Waals surface area contributed by atoms with Gasteiger partial charge in [0.05, 0.1) is 16.8 Å². The molecule has 3 N–H and O–H groups in total. The largest absolute Gasteiger partial charge is 0.352 e. The quantitative estimate of drug-likeness (QED) is 0.670. The fourth-order valence-corrected chi connectivity index (χ4v) is 2.58. The van der Waals surface area contributed by atoms with Crippen LogP contribution in [-0.2, 0) is 0 Å². The molecule has 1 aromatic carbocycles. The van der Waals surface area contributed by atoms with Gasteiger partial charge in [0.2, 0.25) is 0 Å². The van der Waals surface area contributed by atoms with Crippen LogP contribution in [0.2, 0.25) is 0 Å². The molecule has 1 aromatic heterocycles. The average Bonchev–Trinajstić information content (AvgIpc) is 3.06. The minimum Gasteiger partial charge on any atom is -0.352 e. The number of carbonyl (C=O) groups excluding carboxylic acids is 2. The average molecular weight is 354 g/mol. The highest BCUT2D eigenvalue weighted by molar-refractivity contribution is 7.08. The van der Waals surface area contributed by atoms with Crippen molar-refractivity contribution >= 4 is 41.2 Å². The Morgan fingerprint density at radius 1 is 1.09 bits per heavy atom. The number of hydrogen-bond donors (Lipinski definition) is 3. The maximum absolute atomic E-state index is 12.2. The minimum absolute atomic E-state index is 0. The van der Waals surface area contributed by atoms with Crippen molar-refractivity contribution in [3.05, 3.63) is 52.2 Å². The van der Waals surface area contributed by atoms with Crippen molar-refractivity contribution in [1.82, 2.24) is 10.6 Å². The molecule has 0 atom stereocenters. The zero-order chi connectivity index (χ0) is 15.8. The van der Waals surface area contributed by atoms with E-state index in [1.165, 1.54) is 11.3 Å². The molecule has 1 heterocycles. The molecule has 23 heavy (non-hydrogen) atoms. The number of hydrogen-bond acceptors (Lipinski definition) is 4. The van der Waals surface area contributed by atoms with E-state index in [1.807, 2.05) is 12.4 Å². The summed E-state index contributed by atoms with van der Waals surface area (Å²) in [6.07, 6.45) is 0.853. The molecule has 0 spiro atoms. The number of halogens is 1. The number of nitrogens with one attached hydrogen (secondary N) is 3. The van der Waals surface area contributed by atoms with Gasteiger partial charge >= 0.3 is 0 Å². The van der Waals surface area contributed by atoms with Crippen LogP contribution in [0.1, 0.15) is 27.1 Å². The number of thiophene rings is 1. The Kier molecular flexibility index (Phi) is 8.32. The first-order chi connectivity index (χ1) is 10.7. The number of amides is 2. The second kappa shape index (κ2) is 9.99. The van der Waals surface area contributed by atoms with Crippen LogP contribution in [0.25, 0.3) is 0 Å². The van der Waals surface area contributed by atoms with E-state index in [0.717, 1.165) is 13.0 Å². The van der Waals surface area contributed by atoms with Crippen molar-refractivity contribution in [1.29, 1.82) is 0 Å². The first-order valence-corrected chi connectivity index (χ1v) is 8.02. The molecule has 124 valence electrons. The number of benzene rings is 1. The van der Waals surface area contributed by atoms with Gasteiger partial charge in [-0.25, -0.2) is 0 Å². The van der Waals surface area contributed by atoms with E-state index in [1.54, 1.807) is 35.7 Å². The Labute approximate surface area is 145 Å². The molecule has 2 rings (SSSR count). The van der Waals surface area contributed by atoms with Crippen molar-refractivity contribution in [2.75, 3.05) is 25.5 Å². The van der Waals surface area contributed by atoms with E-state index in [0.29, 0.717) is 23.4 Å². The fraction of sp³-hybridized carbons (Fsp3) is 0.250. The van der Waals surface area contributed by atoms with Gasteiger partial charge in [-0.3, -0.25) is 9.59 Å². The molecule has 2 amide bonds. The number of rotatable bonds is 7. The molecule has 0 aliphatic carbocycles. The molecule has 0 saturated carbocycles. The van der Waals surface area contributed by atoms with Gasteiger partial charge in [0.25, 0.3) is 11.8 Å². The van der Waals surface area contributed by atoms with E-state index in [-0.39, 0.29) is 24.2 Å². The third-order valence-corrected chi connectivity index (χ3v) is 3.78. The summed E-state index contributed by atoms with van der Waals surface area (Å²) in [6, 6.07) is 8.76. The zero-order valence-corrected chi connectivity index (χ0v) is 14.4. The third-order valence-electron chi connectivity index (χ3n) is 3.09. The van der Waals surface area contributed by atoms with Gasteiger partial charge in [0, 0.05) is 11.9 Å². The van der Waals surface area contributed by atoms with Crippen LogP contribution in [0.4, 0.5) is 5.69 Å². The zero-order valence-electron chi connectivity index (χ0n) is 12.8. The van der Waals surface area contributed by atoms with Gasteiger partial charge in [-0.05, 0) is 43.6 Å². The van der Waals surface area contributed by atoms with Crippen molar-refractivity contribution in [3.8, 4) is 0 Å². The summed E-state index contributed by atoms with van der Waals surface area (Å²) in [4.78, 5) is 24.3. The van der Waals surface area contributed by atoms with E-state index < -0.39 is 0 Å². The summed E-state index contributed by atoms with van der Waals surface area (Å²) in [7, 11) is 1.87. The van der Waals surface area contributed by atoms with Crippen LogP contribution >= 0.6 is 23.7 Å². The van der Waals surface area contributed by atoms with Crippen molar-refractivity contribution < 1.29 is 9.59 Å². The monoisotopic (exact) mass is 353 g/mol. The predicted molar refractivity (Wildman–Crippen MR) is 96.8 cm³/mol. The van der Waals surface area contributed by atoms with Crippen LogP contribution in [0.3, 0.4) is 0 Å². The first kappa shape index (κ1) is 19.2. The molecular weight excluding hydrogens is 334 g/mol. The maximum atomic E-state index is 12.2. The van der Waals surface area contributed by atoms with Gasteiger partial charge in [-0.1, -0.05) is 12.1 Å². The summed E-state index contributed by atoms with van der Waals surface area (Å²) in [5.74, 6) is -0.394. The summed E-state index contributed by atoms with van der Waals surface area (Å²) in [5, 5.41) is 12.3. The summed E-state index contributed by atoms with van der Waals surface area (Å²) in [5.41, 5.74) is 1.58. The minimum atomic E-state index is -0.211. The Balaban J connectivity index is 0.00000264. The first-order valence-electron chi connectivity index (χ1n) is 7.07. The number of carbonyl (C=O) groups is 2. The molecule has 0 bridgehead atoms. The topological polar surface area (TPSA) is 70.2 Å². The van der Waals surface area contributed by atoms with Crippen LogP contribution < -0.4 is 16.0 Å². The lowest BCUT2D eigenvalue weighted by Gasteiger charge is -2.11. The number of anilines is 1. The van der Waals surface area contributed by atoms with Crippen molar-refractivity contribution in [2.24, 2.45) is 0 Å². The highest BCUT2D eigenvalue weighted by Crippen LogP contribution is 2.17. The molecule has 0 unspecified atom stereocenters. The normalized spacial score (nSPS) is 9.78. The predicted octanol–water partition coefficient (Wildman–Crippen LogP) is 2.76.